The summed E-state index contributed by atoms with van der Waals surface area (Å²) in [7, 11) is 0. The Hall–Kier alpha value is -1.68. The van der Waals surface area contributed by atoms with E-state index in [0.717, 1.165) is 0 Å². The highest BCUT2D eigenvalue weighted by atomic mass is 32.2. The predicted molar refractivity (Wildman–Crippen MR) is 58.1 cm³/mol. The van der Waals surface area contributed by atoms with Crippen molar-refractivity contribution in [2.75, 3.05) is 0 Å². The number of carbonyl (C=O) groups is 1. The number of fused-ring (bicyclic) bond motifs is 2. The van der Waals surface area contributed by atoms with Gasteiger partial charge in [0.2, 0.25) is 5.88 Å². The number of benzene rings is 1. The first-order chi connectivity index (χ1) is 7.36. The summed E-state index contributed by atoms with van der Waals surface area (Å²) in [6.07, 6.45) is 3.64. The normalized spacial score (nSPS) is 17.7. The minimum atomic E-state index is -0.0301. The fraction of sp³-hybridized carbons (Fsp3) is 0. The average Bonchev–Trinajstić information content (AvgIpc) is 2.30. The standard InChI is InChI=1S/C11H7NO2S/c13-11-8-4-1-2-5-9(8)14-10-6-3-7-15-12(10)11/h1-7H. The number of hydrogen-bond donors (Lipinski definition) is 0. The molecule has 0 N–H and O–H groups in total. The smallest absolute Gasteiger partial charge is 0.274 e. The zero-order valence-corrected chi connectivity index (χ0v) is 8.53. The van der Waals surface area contributed by atoms with E-state index in [1.54, 1.807) is 22.5 Å². The van der Waals surface area contributed by atoms with Crippen LogP contribution in [0.1, 0.15) is 10.4 Å². The number of rotatable bonds is 0. The zero-order chi connectivity index (χ0) is 10.3. The van der Waals surface area contributed by atoms with Gasteiger partial charge in [0.15, 0.2) is 0 Å². The minimum Gasteiger partial charge on any atom is -0.439 e. The highest BCUT2D eigenvalue weighted by molar-refractivity contribution is 8.00. The molecule has 0 saturated carbocycles. The third-order valence-electron chi connectivity index (χ3n) is 2.20. The van der Waals surface area contributed by atoms with Crippen molar-refractivity contribution in [3.63, 3.8) is 0 Å². The lowest BCUT2D eigenvalue weighted by Gasteiger charge is -2.29. The molecule has 3 rings (SSSR count). The van der Waals surface area contributed by atoms with Crippen molar-refractivity contribution in [3.8, 4) is 5.75 Å². The molecule has 2 heterocycles. The van der Waals surface area contributed by atoms with E-state index in [9.17, 15) is 4.79 Å². The molecule has 1 aromatic carbocycles. The van der Waals surface area contributed by atoms with Crippen LogP contribution in [-0.2, 0) is 0 Å². The van der Waals surface area contributed by atoms with Crippen LogP contribution in [0.3, 0.4) is 0 Å². The van der Waals surface area contributed by atoms with Crippen LogP contribution in [0, 0.1) is 0 Å². The van der Waals surface area contributed by atoms with Crippen molar-refractivity contribution in [3.05, 3.63) is 53.3 Å². The van der Waals surface area contributed by atoms with Crippen molar-refractivity contribution < 1.29 is 9.53 Å². The van der Waals surface area contributed by atoms with Crippen LogP contribution in [0.15, 0.2) is 47.7 Å². The van der Waals surface area contributed by atoms with Crippen molar-refractivity contribution in [1.82, 2.24) is 4.31 Å². The van der Waals surface area contributed by atoms with Crippen LogP contribution in [0.2, 0.25) is 0 Å². The van der Waals surface area contributed by atoms with Gasteiger partial charge in [0.05, 0.1) is 5.56 Å². The number of para-hydroxylation sites is 1. The Kier molecular flexibility index (Phi) is 1.82. The maximum atomic E-state index is 12.0. The van der Waals surface area contributed by atoms with Gasteiger partial charge in [-0.3, -0.25) is 4.79 Å². The van der Waals surface area contributed by atoms with Crippen molar-refractivity contribution in [1.29, 1.82) is 0 Å². The molecule has 0 aliphatic carbocycles. The molecule has 4 heteroatoms. The number of carbonyl (C=O) groups excluding carboxylic acids is 1. The zero-order valence-electron chi connectivity index (χ0n) is 7.71. The SMILES string of the molecule is O=C1c2ccccc2OC2=CC=CSN12. The topological polar surface area (TPSA) is 29.5 Å². The molecule has 74 valence electrons. The molecule has 3 nitrogen and oxygen atoms in total. The number of allylic oxidation sites excluding steroid dienone is 2. The second-order valence-corrected chi connectivity index (χ2v) is 3.98. The van der Waals surface area contributed by atoms with Gasteiger partial charge < -0.3 is 4.74 Å². The van der Waals surface area contributed by atoms with E-state index in [2.05, 4.69) is 0 Å². The molecule has 1 aromatic rings. The average molecular weight is 217 g/mol. The van der Waals surface area contributed by atoms with Crippen LogP contribution in [-0.4, -0.2) is 10.2 Å². The van der Waals surface area contributed by atoms with E-state index < -0.39 is 0 Å². The highest BCUT2D eigenvalue weighted by Crippen LogP contribution is 2.35. The number of hydrogen-bond acceptors (Lipinski definition) is 3. The minimum absolute atomic E-state index is 0.0301. The first kappa shape index (κ1) is 8.61. The number of nitrogens with zero attached hydrogens (tertiary/aromatic N) is 1. The second-order valence-electron chi connectivity index (χ2n) is 3.14. The summed E-state index contributed by atoms with van der Waals surface area (Å²) in [5.74, 6) is 1.17. The Balaban J connectivity index is 2.14. The van der Waals surface area contributed by atoms with Crippen molar-refractivity contribution in [2.24, 2.45) is 0 Å². The Morgan fingerprint density at radius 2 is 2.13 bits per heavy atom. The monoisotopic (exact) mass is 217 g/mol. The van der Waals surface area contributed by atoms with Gasteiger partial charge in [0.1, 0.15) is 5.75 Å². The molecule has 0 saturated heterocycles. The van der Waals surface area contributed by atoms with Gasteiger partial charge in [0, 0.05) is 6.08 Å². The fourth-order valence-electron chi connectivity index (χ4n) is 1.52. The van der Waals surface area contributed by atoms with E-state index in [4.69, 9.17) is 4.74 Å². The Bertz CT molecular complexity index is 493. The molecule has 0 spiro atoms. The molecule has 0 unspecified atom stereocenters. The molecule has 15 heavy (non-hydrogen) atoms. The second kappa shape index (κ2) is 3.17. The van der Waals surface area contributed by atoms with E-state index in [-0.39, 0.29) is 5.91 Å². The Labute approximate surface area is 91.2 Å². The van der Waals surface area contributed by atoms with Crippen molar-refractivity contribution >= 4 is 17.9 Å². The van der Waals surface area contributed by atoms with Crippen LogP contribution in [0.5, 0.6) is 5.75 Å². The molecule has 0 radical (unpaired) electrons. The molecule has 0 fully saturated rings. The molecule has 0 atom stereocenters. The maximum absolute atomic E-state index is 12.0. The van der Waals surface area contributed by atoms with E-state index in [0.29, 0.717) is 17.2 Å². The third kappa shape index (κ3) is 1.26. The molecule has 1 amide bonds. The van der Waals surface area contributed by atoms with Gasteiger partial charge in [-0.05, 0) is 35.6 Å². The van der Waals surface area contributed by atoms with E-state index in [1.807, 2.05) is 23.6 Å². The van der Waals surface area contributed by atoms with Gasteiger partial charge in [-0.15, -0.1) is 0 Å². The largest absolute Gasteiger partial charge is 0.439 e. The summed E-state index contributed by atoms with van der Waals surface area (Å²) in [4.78, 5) is 12.0. The summed E-state index contributed by atoms with van der Waals surface area (Å²) in [6.45, 7) is 0. The van der Waals surface area contributed by atoms with Gasteiger partial charge in [0.25, 0.3) is 5.91 Å². The molecule has 0 aromatic heterocycles. The lowest BCUT2D eigenvalue weighted by atomic mass is 10.1. The maximum Gasteiger partial charge on any atom is 0.274 e. The van der Waals surface area contributed by atoms with Gasteiger partial charge in [-0.25, -0.2) is 4.31 Å². The lowest BCUT2D eigenvalue weighted by Crippen LogP contribution is -2.31. The van der Waals surface area contributed by atoms with Crippen LogP contribution in [0.25, 0.3) is 0 Å². The van der Waals surface area contributed by atoms with E-state index in [1.165, 1.54) is 11.9 Å². The molecular weight excluding hydrogens is 210 g/mol. The summed E-state index contributed by atoms with van der Waals surface area (Å²) < 4.78 is 7.14. The van der Waals surface area contributed by atoms with Gasteiger partial charge >= 0.3 is 0 Å². The summed E-state index contributed by atoms with van der Waals surface area (Å²) in [5.41, 5.74) is 0.609. The molecular formula is C11H7NO2S. The Morgan fingerprint density at radius 1 is 1.27 bits per heavy atom. The van der Waals surface area contributed by atoms with Crippen LogP contribution < -0.4 is 4.74 Å². The quantitative estimate of drug-likeness (QED) is 0.625. The summed E-state index contributed by atoms with van der Waals surface area (Å²) >= 11 is 1.33. The highest BCUT2D eigenvalue weighted by Gasteiger charge is 2.30. The van der Waals surface area contributed by atoms with Crippen LogP contribution in [0.4, 0.5) is 0 Å². The summed E-state index contributed by atoms with van der Waals surface area (Å²) in [6, 6.07) is 7.26. The third-order valence-corrected chi connectivity index (χ3v) is 3.04. The number of amides is 1. The molecule has 0 bridgehead atoms. The Morgan fingerprint density at radius 3 is 3.07 bits per heavy atom. The molecule has 2 aliphatic heterocycles. The lowest BCUT2D eigenvalue weighted by molar-refractivity contribution is 0.0832. The summed E-state index contributed by atoms with van der Waals surface area (Å²) in [5, 5.41) is 1.85. The number of ether oxygens (including phenoxy) is 1. The van der Waals surface area contributed by atoms with Crippen molar-refractivity contribution in [2.45, 2.75) is 0 Å². The van der Waals surface area contributed by atoms with Gasteiger partial charge in [-0.1, -0.05) is 12.1 Å². The van der Waals surface area contributed by atoms with Gasteiger partial charge in [-0.2, -0.15) is 0 Å². The molecule has 2 aliphatic rings. The van der Waals surface area contributed by atoms with E-state index >= 15 is 0 Å². The predicted octanol–water partition coefficient (Wildman–Crippen LogP) is 2.54. The fourth-order valence-corrected chi connectivity index (χ4v) is 2.18. The first-order valence-electron chi connectivity index (χ1n) is 4.51. The van der Waals surface area contributed by atoms with Crippen LogP contribution >= 0.6 is 11.9 Å². The first-order valence-corrected chi connectivity index (χ1v) is 5.35.